The molecule has 0 aromatic carbocycles. The molecule has 0 aromatic rings. The van der Waals surface area contributed by atoms with E-state index < -0.39 is 18.1 Å². The first-order valence-corrected chi connectivity index (χ1v) is 8.92. The van der Waals surface area contributed by atoms with Crippen molar-refractivity contribution in [3.63, 3.8) is 0 Å². The summed E-state index contributed by atoms with van der Waals surface area (Å²) in [5, 5.41) is 5.42. The summed E-state index contributed by atoms with van der Waals surface area (Å²) >= 11 is 0. The number of hydrogen-bond donors (Lipinski definition) is 3. The van der Waals surface area contributed by atoms with Crippen molar-refractivity contribution in [3.8, 4) is 0 Å². The van der Waals surface area contributed by atoms with Gasteiger partial charge in [-0.15, -0.1) is 0 Å². The number of nitrogens with two attached hydrogens (primary N) is 1. The molecule has 0 radical (unpaired) electrons. The lowest BCUT2D eigenvalue weighted by atomic mass is 9.85. The Labute approximate surface area is 143 Å². The van der Waals surface area contributed by atoms with Gasteiger partial charge in [0.25, 0.3) is 0 Å². The van der Waals surface area contributed by atoms with Gasteiger partial charge in [-0.05, 0) is 25.2 Å². The molecule has 1 aliphatic heterocycles. The molecule has 0 spiro atoms. The van der Waals surface area contributed by atoms with Crippen LogP contribution in [0.15, 0.2) is 0 Å². The van der Waals surface area contributed by atoms with E-state index in [4.69, 9.17) is 10.5 Å². The SMILES string of the molecule is COC(=O)C(C[C@@H]1CCNC1=O)NC(=O)[C@@H](N)CC1CCCCC1. The van der Waals surface area contributed by atoms with Crippen molar-refractivity contribution in [1.82, 2.24) is 10.6 Å². The highest BCUT2D eigenvalue weighted by Gasteiger charge is 2.33. The summed E-state index contributed by atoms with van der Waals surface area (Å²) in [5.74, 6) is -0.743. The Morgan fingerprint density at radius 3 is 2.54 bits per heavy atom. The van der Waals surface area contributed by atoms with Gasteiger partial charge in [0.15, 0.2) is 0 Å². The number of carbonyl (C=O) groups excluding carboxylic acids is 3. The summed E-state index contributed by atoms with van der Waals surface area (Å²) < 4.78 is 4.76. The van der Waals surface area contributed by atoms with Crippen molar-refractivity contribution in [3.05, 3.63) is 0 Å². The molecule has 1 saturated carbocycles. The number of carbonyl (C=O) groups is 3. The van der Waals surface area contributed by atoms with E-state index in [1.165, 1.54) is 26.4 Å². The summed E-state index contributed by atoms with van der Waals surface area (Å²) in [6.45, 7) is 0.604. The van der Waals surface area contributed by atoms with Crippen LogP contribution in [0.25, 0.3) is 0 Å². The highest BCUT2D eigenvalue weighted by Crippen LogP contribution is 2.27. The van der Waals surface area contributed by atoms with Gasteiger partial charge in [-0.2, -0.15) is 0 Å². The molecule has 136 valence electrons. The first kappa shape index (κ1) is 18.7. The minimum absolute atomic E-state index is 0.0790. The molecule has 1 heterocycles. The highest BCUT2D eigenvalue weighted by atomic mass is 16.5. The van der Waals surface area contributed by atoms with Crippen LogP contribution in [-0.4, -0.2) is 43.5 Å². The number of amides is 2. The predicted molar refractivity (Wildman–Crippen MR) is 88.8 cm³/mol. The smallest absolute Gasteiger partial charge is 0.328 e. The van der Waals surface area contributed by atoms with Crippen molar-refractivity contribution < 1.29 is 19.1 Å². The normalized spacial score (nSPS) is 24.1. The van der Waals surface area contributed by atoms with Gasteiger partial charge in [-0.1, -0.05) is 32.1 Å². The molecule has 2 rings (SSSR count). The molecule has 2 amide bonds. The fraction of sp³-hybridized carbons (Fsp3) is 0.824. The van der Waals surface area contributed by atoms with Crippen LogP contribution in [0.1, 0.15) is 51.4 Å². The maximum Gasteiger partial charge on any atom is 0.328 e. The van der Waals surface area contributed by atoms with Crippen molar-refractivity contribution in [1.29, 1.82) is 0 Å². The zero-order valence-electron chi connectivity index (χ0n) is 14.4. The number of rotatable bonds is 7. The average Bonchev–Trinajstić information content (AvgIpc) is 2.99. The highest BCUT2D eigenvalue weighted by molar-refractivity contribution is 5.88. The zero-order valence-corrected chi connectivity index (χ0v) is 14.4. The summed E-state index contributed by atoms with van der Waals surface area (Å²) in [4.78, 5) is 36.0. The molecule has 4 N–H and O–H groups in total. The Morgan fingerprint density at radius 1 is 1.25 bits per heavy atom. The van der Waals surface area contributed by atoms with E-state index in [1.54, 1.807) is 0 Å². The molecule has 1 aliphatic carbocycles. The van der Waals surface area contributed by atoms with Crippen LogP contribution in [0.5, 0.6) is 0 Å². The third-order valence-electron chi connectivity index (χ3n) is 5.13. The van der Waals surface area contributed by atoms with Crippen LogP contribution >= 0.6 is 0 Å². The van der Waals surface area contributed by atoms with Crippen LogP contribution < -0.4 is 16.4 Å². The molecule has 2 aliphatic rings. The summed E-state index contributed by atoms with van der Waals surface area (Å²) in [5.41, 5.74) is 6.03. The minimum Gasteiger partial charge on any atom is -0.467 e. The molecule has 1 unspecified atom stereocenters. The van der Waals surface area contributed by atoms with Gasteiger partial charge >= 0.3 is 5.97 Å². The molecule has 0 bridgehead atoms. The number of esters is 1. The lowest BCUT2D eigenvalue weighted by molar-refractivity contribution is -0.146. The maximum absolute atomic E-state index is 12.4. The lowest BCUT2D eigenvalue weighted by Gasteiger charge is -2.25. The summed E-state index contributed by atoms with van der Waals surface area (Å²) in [7, 11) is 1.28. The van der Waals surface area contributed by atoms with Gasteiger partial charge < -0.3 is 21.1 Å². The molecular formula is C17H29N3O4. The van der Waals surface area contributed by atoms with E-state index >= 15 is 0 Å². The molecule has 1 saturated heterocycles. The van der Waals surface area contributed by atoms with E-state index in [1.807, 2.05) is 0 Å². The largest absolute Gasteiger partial charge is 0.467 e. The number of hydrogen-bond acceptors (Lipinski definition) is 5. The Bertz CT molecular complexity index is 463. The van der Waals surface area contributed by atoms with Gasteiger partial charge in [0.2, 0.25) is 11.8 Å². The standard InChI is InChI=1S/C17H29N3O4/c1-24-17(23)14(10-12-7-8-19-15(12)21)20-16(22)13(18)9-11-5-3-2-4-6-11/h11-14H,2-10,18H2,1H3,(H,19,21)(H,20,22)/t12-,13-,14?/m0/s1. The van der Waals surface area contributed by atoms with E-state index in [-0.39, 0.29) is 24.2 Å². The minimum atomic E-state index is -0.825. The number of methoxy groups -OCH3 is 1. The monoisotopic (exact) mass is 339 g/mol. The van der Waals surface area contributed by atoms with Crippen molar-refractivity contribution >= 4 is 17.8 Å². The van der Waals surface area contributed by atoms with Gasteiger partial charge in [-0.25, -0.2) is 4.79 Å². The molecule has 7 heteroatoms. The quantitative estimate of drug-likeness (QED) is 0.584. The second-order valence-electron chi connectivity index (χ2n) is 6.94. The molecule has 24 heavy (non-hydrogen) atoms. The second kappa shape index (κ2) is 9.01. The van der Waals surface area contributed by atoms with Gasteiger partial charge in [0.05, 0.1) is 13.2 Å². The number of nitrogens with one attached hydrogen (secondary N) is 2. The second-order valence-corrected chi connectivity index (χ2v) is 6.94. The first-order valence-electron chi connectivity index (χ1n) is 8.92. The predicted octanol–water partition coefficient (Wildman–Crippen LogP) is 0.468. The molecule has 7 nitrogen and oxygen atoms in total. The Morgan fingerprint density at radius 2 is 1.96 bits per heavy atom. The van der Waals surface area contributed by atoms with Crippen LogP contribution in [0, 0.1) is 11.8 Å². The number of ether oxygens (including phenoxy) is 1. The van der Waals surface area contributed by atoms with Crippen LogP contribution in [0.3, 0.4) is 0 Å². The fourth-order valence-electron chi connectivity index (χ4n) is 3.68. The van der Waals surface area contributed by atoms with Gasteiger partial charge in [0.1, 0.15) is 6.04 Å². The van der Waals surface area contributed by atoms with Crippen LogP contribution in [0.2, 0.25) is 0 Å². The van der Waals surface area contributed by atoms with Crippen LogP contribution in [-0.2, 0) is 19.1 Å². The lowest BCUT2D eigenvalue weighted by Crippen LogP contribution is -2.50. The zero-order chi connectivity index (χ0) is 17.5. The Kier molecular flexibility index (Phi) is 7.02. The molecule has 0 aromatic heterocycles. The van der Waals surface area contributed by atoms with Gasteiger partial charge in [-0.3, -0.25) is 9.59 Å². The fourth-order valence-corrected chi connectivity index (χ4v) is 3.68. The average molecular weight is 339 g/mol. The third-order valence-corrected chi connectivity index (χ3v) is 5.13. The van der Waals surface area contributed by atoms with Crippen molar-refractivity contribution in [2.45, 2.75) is 63.5 Å². The van der Waals surface area contributed by atoms with E-state index in [2.05, 4.69) is 10.6 Å². The molecule has 2 fully saturated rings. The Balaban J connectivity index is 1.88. The van der Waals surface area contributed by atoms with Crippen molar-refractivity contribution in [2.75, 3.05) is 13.7 Å². The third kappa shape index (κ3) is 5.19. The summed E-state index contributed by atoms with van der Waals surface area (Å²) in [6, 6.07) is -1.45. The molecule has 3 atom stereocenters. The van der Waals surface area contributed by atoms with E-state index in [0.717, 1.165) is 12.8 Å². The molecular weight excluding hydrogens is 310 g/mol. The first-order chi connectivity index (χ1) is 11.5. The Hall–Kier alpha value is -1.63. The van der Waals surface area contributed by atoms with Crippen molar-refractivity contribution in [2.24, 2.45) is 17.6 Å². The van der Waals surface area contributed by atoms with E-state index in [9.17, 15) is 14.4 Å². The van der Waals surface area contributed by atoms with E-state index in [0.29, 0.717) is 25.3 Å². The van der Waals surface area contributed by atoms with Crippen LogP contribution in [0.4, 0.5) is 0 Å². The summed E-state index contributed by atoms with van der Waals surface area (Å²) in [6.07, 6.45) is 7.43. The maximum atomic E-state index is 12.4. The topological polar surface area (TPSA) is 111 Å². The van der Waals surface area contributed by atoms with Gasteiger partial charge in [0, 0.05) is 12.5 Å².